The van der Waals surface area contributed by atoms with Crippen molar-refractivity contribution in [3.63, 3.8) is 0 Å². The number of benzene rings is 2. The number of aryl methyl sites for hydroxylation is 1. The fourth-order valence-electron chi connectivity index (χ4n) is 1.94. The normalized spacial score (nSPS) is 9.54. The Balaban J connectivity index is 0.000000648. The molecule has 0 aliphatic carbocycles. The number of hydrogen-bond donors (Lipinski definition) is 4. The van der Waals surface area contributed by atoms with Crippen LogP contribution in [0.5, 0.6) is 11.5 Å². The van der Waals surface area contributed by atoms with Crippen LogP contribution in [0.15, 0.2) is 36.4 Å². The number of nitrogens with one attached hydrogen (secondary N) is 1. The molecule has 2 aromatic carbocycles. The van der Waals surface area contributed by atoms with Gasteiger partial charge in [0.1, 0.15) is 18.1 Å². The summed E-state index contributed by atoms with van der Waals surface area (Å²) in [6.07, 6.45) is 0.403. The number of hydrogen-bond acceptors (Lipinski definition) is 6. The Bertz CT molecular complexity index is 680. The Morgan fingerprint density at radius 2 is 2.00 bits per heavy atom. The Labute approximate surface area is 145 Å². The summed E-state index contributed by atoms with van der Waals surface area (Å²) in [6.45, 7) is 2.23. The van der Waals surface area contributed by atoms with Gasteiger partial charge in [-0.25, -0.2) is 11.7 Å². The first-order valence-corrected chi connectivity index (χ1v) is 7.36. The van der Waals surface area contributed by atoms with E-state index in [0.29, 0.717) is 18.8 Å². The van der Waals surface area contributed by atoms with Crippen LogP contribution in [0.2, 0.25) is 5.02 Å². The topological polar surface area (TPSA) is 114 Å². The van der Waals surface area contributed by atoms with Crippen LogP contribution in [-0.2, 0) is 11.4 Å². The number of amides is 1. The highest BCUT2D eigenvalue weighted by Gasteiger charge is 2.08. The van der Waals surface area contributed by atoms with Crippen molar-refractivity contribution in [1.29, 1.82) is 0 Å². The van der Waals surface area contributed by atoms with Gasteiger partial charge < -0.3 is 14.9 Å². The van der Waals surface area contributed by atoms with Gasteiger partial charge in [-0.05, 0) is 24.6 Å². The van der Waals surface area contributed by atoms with Gasteiger partial charge in [-0.15, -0.1) is 0 Å². The summed E-state index contributed by atoms with van der Waals surface area (Å²) in [7, 11) is 1.78. The smallest absolute Gasteiger partial charge is 0.221 e. The summed E-state index contributed by atoms with van der Waals surface area (Å²) in [5.41, 5.74) is 4.45. The fourth-order valence-corrected chi connectivity index (χ4v) is 2.09. The molecule has 2 aromatic rings. The quantitative estimate of drug-likeness (QED) is 0.282. The monoisotopic (exact) mass is 352 g/mol. The number of carbonyl (C=O) groups excluding carboxylic acids is 1. The van der Waals surface area contributed by atoms with E-state index in [-0.39, 0.29) is 10.8 Å². The molecule has 0 aliphatic rings. The van der Waals surface area contributed by atoms with Gasteiger partial charge in [0.15, 0.2) is 0 Å². The SMILES string of the molecule is Cc1cc(O)c(Cl)cc1OCc1ccccc1N(C)N.NNC=O. The number of halogens is 1. The number of aromatic hydroxyl groups is 1. The van der Waals surface area contributed by atoms with Gasteiger partial charge in [0.2, 0.25) is 6.41 Å². The molecule has 0 atom stereocenters. The van der Waals surface area contributed by atoms with Crippen molar-refractivity contribution in [3.05, 3.63) is 52.5 Å². The Morgan fingerprint density at radius 3 is 2.58 bits per heavy atom. The predicted molar refractivity (Wildman–Crippen MR) is 94.6 cm³/mol. The standard InChI is InChI=1S/C15H17ClN2O2.CH4N2O/c1-10-7-14(19)12(16)8-15(10)20-9-11-5-3-4-6-13(11)18(2)17;2-3-1-4/h3-8,19H,9,17H2,1-2H3;1H,2H2,(H,3,4). The minimum Gasteiger partial charge on any atom is -0.506 e. The molecule has 0 unspecified atom stereocenters. The second kappa shape index (κ2) is 9.61. The first-order chi connectivity index (χ1) is 11.4. The molecule has 7 nitrogen and oxygen atoms in total. The van der Waals surface area contributed by atoms with Gasteiger partial charge in [-0.2, -0.15) is 0 Å². The minimum absolute atomic E-state index is 0.0543. The van der Waals surface area contributed by atoms with Gasteiger partial charge in [0, 0.05) is 18.7 Å². The largest absolute Gasteiger partial charge is 0.506 e. The number of rotatable bonds is 5. The lowest BCUT2D eigenvalue weighted by Gasteiger charge is -2.18. The van der Waals surface area contributed by atoms with Crippen molar-refractivity contribution in [2.75, 3.05) is 12.1 Å². The molecular weight excluding hydrogens is 332 g/mol. The first-order valence-electron chi connectivity index (χ1n) is 6.98. The average Bonchev–Trinajstić information content (AvgIpc) is 2.57. The third-order valence-electron chi connectivity index (χ3n) is 3.07. The van der Waals surface area contributed by atoms with E-state index in [2.05, 4.69) is 5.84 Å². The Hall–Kier alpha value is -2.48. The highest BCUT2D eigenvalue weighted by atomic mass is 35.5. The van der Waals surface area contributed by atoms with E-state index in [9.17, 15) is 5.11 Å². The highest BCUT2D eigenvalue weighted by molar-refractivity contribution is 6.32. The fraction of sp³-hybridized carbons (Fsp3) is 0.188. The molecule has 6 N–H and O–H groups in total. The molecule has 1 amide bonds. The van der Waals surface area contributed by atoms with Gasteiger partial charge in [-0.1, -0.05) is 29.8 Å². The first kappa shape index (κ1) is 19.6. The number of para-hydroxylation sites is 1. The summed E-state index contributed by atoms with van der Waals surface area (Å²) in [5, 5.41) is 11.3. The molecule has 0 radical (unpaired) electrons. The number of phenolic OH excluding ortho intramolecular Hbond substituents is 1. The molecule has 0 aliphatic heterocycles. The maximum atomic E-state index is 9.52. The summed E-state index contributed by atoms with van der Waals surface area (Å²) in [5.74, 6) is 10.9. The van der Waals surface area contributed by atoms with Crippen molar-refractivity contribution in [2.45, 2.75) is 13.5 Å². The Morgan fingerprint density at radius 1 is 1.38 bits per heavy atom. The minimum atomic E-state index is 0.0543. The molecule has 0 saturated carbocycles. The molecule has 0 fully saturated rings. The number of nitrogens with two attached hydrogens (primary N) is 2. The molecular formula is C16H21ClN4O3. The summed E-state index contributed by atoms with van der Waals surface area (Å²) in [6, 6.07) is 10.9. The van der Waals surface area contributed by atoms with Gasteiger partial charge in [0.25, 0.3) is 0 Å². The van der Waals surface area contributed by atoms with E-state index in [0.717, 1.165) is 16.8 Å². The number of phenols is 1. The van der Waals surface area contributed by atoms with Crippen LogP contribution in [0.3, 0.4) is 0 Å². The van der Waals surface area contributed by atoms with Crippen molar-refractivity contribution in [2.24, 2.45) is 11.7 Å². The van der Waals surface area contributed by atoms with Crippen LogP contribution < -0.4 is 26.9 Å². The molecule has 0 saturated heterocycles. The number of nitrogens with zero attached hydrogens (tertiary/aromatic N) is 1. The molecule has 0 aromatic heterocycles. The van der Waals surface area contributed by atoms with Crippen LogP contribution in [-0.4, -0.2) is 18.6 Å². The van der Waals surface area contributed by atoms with Crippen molar-refractivity contribution in [3.8, 4) is 11.5 Å². The third kappa shape index (κ3) is 5.62. The van der Waals surface area contributed by atoms with Crippen molar-refractivity contribution < 1.29 is 14.6 Å². The van der Waals surface area contributed by atoms with Crippen LogP contribution in [0.4, 0.5) is 5.69 Å². The van der Waals surface area contributed by atoms with E-state index in [1.807, 2.05) is 31.2 Å². The molecule has 8 heteroatoms. The van der Waals surface area contributed by atoms with Gasteiger partial charge in [-0.3, -0.25) is 10.2 Å². The zero-order chi connectivity index (χ0) is 18.1. The van der Waals surface area contributed by atoms with E-state index < -0.39 is 0 Å². The van der Waals surface area contributed by atoms with E-state index in [1.54, 1.807) is 29.6 Å². The molecule has 0 bridgehead atoms. The lowest BCUT2D eigenvalue weighted by Crippen LogP contribution is -2.26. The van der Waals surface area contributed by atoms with Crippen molar-refractivity contribution in [1.82, 2.24) is 5.43 Å². The molecule has 130 valence electrons. The summed E-state index contributed by atoms with van der Waals surface area (Å²) >= 11 is 5.89. The maximum absolute atomic E-state index is 9.52. The van der Waals surface area contributed by atoms with E-state index in [4.69, 9.17) is 27.0 Å². The van der Waals surface area contributed by atoms with E-state index >= 15 is 0 Å². The zero-order valence-corrected chi connectivity index (χ0v) is 14.2. The second-order valence-corrected chi connectivity index (χ2v) is 5.29. The average molecular weight is 353 g/mol. The highest BCUT2D eigenvalue weighted by Crippen LogP contribution is 2.32. The van der Waals surface area contributed by atoms with Crippen LogP contribution >= 0.6 is 11.6 Å². The molecule has 0 spiro atoms. The number of anilines is 1. The number of hydrazine groups is 2. The number of carbonyl (C=O) groups is 1. The van der Waals surface area contributed by atoms with Crippen LogP contribution in [0.1, 0.15) is 11.1 Å². The zero-order valence-electron chi connectivity index (χ0n) is 13.5. The molecule has 24 heavy (non-hydrogen) atoms. The third-order valence-corrected chi connectivity index (χ3v) is 3.37. The van der Waals surface area contributed by atoms with E-state index in [1.165, 1.54) is 0 Å². The predicted octanol–water partition coefficient (Wildman–Crippen LogP) is 1.85. The lowest BCUT2D eigenvalue weighted by atomic mass is 10.2. The summed E-state index contributed by atoms with van der Waals surface area (Å²) < 4.78 is 5.77. The van der Waals surface area contributed by atoms with Crippen LogP contribution in [0, 0.1) is 6.92 Å². The van der Waals surface area contributed by atoms with Crippen molar-refractivity contribution >= 4 is 23.7 Å². The van der Waals surface area contributed by atoms with Crippen LogP contribution in [0.25, 0.3) is 0 Å². The maximum Gasteiger partial charge on any atom is 0.221 e. The van der Waals surface area contributed by atoms with Gasteiger partial charge in [0.05, 0.1) is 10.7 Å². The second-order valence-electron chi connectivity index (χ2n) is 4.88. The molecule has 2 rings (SSSR count). The molecule has 0 heterocycles. The lowest BCUT2D eigenvalue weighted by molar-refractivity contribution is -0.109. The summed E-state index contributed by atoms with van der Waals surface area (Å²) in [4.78, 5) is 8.94. The van der Waals surface area contributed by atoms with Gasteiger partial charge >= 0.3 is 0 Å². The number of ether oxygens (including phenoxy) is 1. The Kier molecular flexibility index (Phi) is 7.84.